The summed E-state index contributed by atoms with van der Waals surface area (Å²) >= 11 is 0. The molecular formula is C13H25NO2. The molecule has 0 amide bonds. The highest BCUT2D eigenvalue weighted by Crippen LogP contribution is 2.23. The lowest BCUT2D eigenvalue weighted by Crippen LogP contribution is -2.29. The highest BCUT2D eigenvalue weighted by Gasteiger charge is 2.16. The molecule has 0 radical (unpaired) electrons. The molecule has 0 saturated heterocycles. The van der Waals surface area contributed by atoms with Crippen molar-refractivity contribution in [3.63, 3.8) is 0 Å². The zero-order valence-corrected chi connectivity index (χ0v) is 10.6. The molecule has 1 fully saturated rings. The van der Waals surface area contributed by atoms with Gasteiger partial charge in [0.25, 0.3) is 0 Å². The van der Waals surface area contributed by atoms with E-state index in [1.807, 2.05) is 13.8 Å². The SMILES string of the molecule is CCNC(C)CC(=O)OCC1CCCCC1. The average Bonchev–Trinajstić information content (AvgIpc) is 2.28. The zero-order chi connectivity index (χ0) is 11.8. The summed E-state index contributed by atoms with van der Waals surface area (Å²) in [6.45, 7) is 5.60. The summed E-state index contributed by atoms with van der Waals surface area (Å²) < 4.78 is 5.32. The first kappa shape index (κ1) is 13.5. The van der Waals surface area contributed by atoms with Crippen LogP contribution in [0.5, 0.6) is 0 Å². The van der Waals surface area contributed by atoms with E-state index in [9.17, 15) is 4.79 Å². The lowest BCUT2D eigenvalue weighted by molar-refractivity contribution is -0.145. The van der Waals surface area contributed by atoms with Gasteiger partial charge in [-0.15, -0.1) is 0 Å². The van der Waals surface area contributed by atoms with Gasteiger partial charge in [-0.25, -0.2) is 0 Å². The Kier molecular flexibility index (Phi) is 6.46. The van der Waals surface area contributed by atoms with Crippen molar-refractivity contribution in [1.82, 2.24) is 5.32 Å². The fourth-order valence-electron chi connectivity index (χ4n) is 2.29. The number of hydrogen-bond acceptors (Lipinski definition) is 3. The van der Waals surface area contributed by atoms with E-state index in [4.69, 9.17) is 4.74 Å². The molecule has 1 saturated carbocycles. The predicted octanol–water partition coefficient (Wildman–Crippen LogP) is 2.50. The Balaban J connectivity index is 2.09. The van der Waals surface area contributed by atoms with E-state index in [2.05, 4.69) is 5.32 Å². The van der Waals surface area contributed by atoms with Crippen LogP contribution in [0, 0.1) is 5.92 Å². The van der Waals surface area contributed by atoms with E-state index in [0.717, 1.165) is 6.54 Å². The van der Waals surface area contributed by atoms with Gasteiger partial charge in [-0.1, -0.05) is 26.2 Å². The summed E-state index contributed by atoms with van der Waals surface area (Å²) in [6.07, 6.45) is 6.90. The summed E-state index contributed by atoms with van der Waals surface area (Å²) in [5.74, 6) is 0.561. The standard InChI is InChI=1S/C13H25NO2/c1-3-14-11(2)9-13(15)16-10-12-7-5-4-6-8-12/h11-12,14H,3-10H2,1-2H3. The minimum Gasteiger partial charge on any atom is -0.465 e. The largest absolute Gasteiger partial charge is 0.465 e. The van der Waals surface area contributed by atoms with Crippen LogP contribution in [0.25, 0.3) is 0 Å². The van der Waals surface area contributed by atoms with E-state index in [0.29, 0.717) is 18.9 Å². The van der Waals surface area contributed by atoms with Crippen LogP contribution in [0.4, 0.5) is 0 Å². The second-order valence-electron chi connectivity index (χ2n) is 4.85. The predicted molar refractivity (Wildman–Crippen MR) is 65.3 cm³/mol. The Morgan fingerprint density at radius 2 is 2.06 bits per heavy atom. The lowest BCUT2D eigenvalue weighted by Gasteiger charge is -2.21. The first-order valence-corrected chi connectivity index (χ1v) is 6.61. The molecule has 3 heteroatoms. The molecule has 0 heterocycles. The fourth-order valence-corrected chi connectivity index (χ4v) is 2.29. The van der Waals surface area contributed by atoms with Gasteiger partial charge in [0.05, 0.1) is 13.0 Å². The van der Waals surface area contributed by atoms with Crippen LogP contribution in [-0.2, 0) is 9.53 Å². The maximum absolute atomic E-state index is 11.5. The number of carbonyl (C=O) groups is 1. The second kappa shape index (κ2) is 7.66. The normalized spacial score (nSPS) is 19.4. The van der Waals surface area contributed by atoms with Gasteiger partial charge in [0.2, 0.25) is 0 Å². The van der Waals surface area contributed by atoms with E-state index < -0.39 is 0 Å². The summed E-state index contributed by atoms with van der Waals surface area (Å²) in [5.41, 5.74) is 0. The Labute approximate surface area is 98.9 Å². The van der Waals surface area contributed by atoms with Crippen molar-refractivity contribution in [3.05, 3.63) is 0 Å². The van der Waals surface area contributed by atoms with Crippen molar-refractivity contribution in [1.29, 1.82) is 0 Å². The van der Waals surface area contributed by atoms with E-state index in [-0.39, 0.29) is 12.0 Å². The van der Waals surface area contributed by atoms with Gasteiger partial charge in [0, 0.05) is 6.04 Å². The third-order valence-electron chi connectivity index (χ3n) is 3.23. The maximum atomic E-state index is 11.5. The molecule has 0 aromatic heterocycles. The van der Waals surface area contributed by atoms with Crippen molar-refractivity contribution in [2.45, 2.75) is 58.4 Å². The molecule has 1 rings (SSSR count). The number of carbonyl (C=O) groups excluding carboxylic acids is 1. The topological polar surface area (TPSA) is 38.3 Å². The second-order valence-corrected chi connectivity index (χ2v) is 4.85. The Morgan fingerprint density at radius 3 is 2.69 bits per heavy atom. The quantitative estimate of drug-likeness (QED) is 0.709. The van der Waals surface area contributed by atoms with Gasteiger partial charge < -0.3 is 10.1 Å². The number of esters is 1. The van der Waals surface area contributed by atoms with Gasteiger partial charge in [-0.3, -0.25) is 4.79 Å². The van der Waals surface area contributed by atoms with Crippen LogP contribution >= 0.6 is 0 Å². The molecule has 0 aromatic carbocycles. The molecule has 1 aliphatic carbocycles. The smallest absolute Gasteiger partial charge is 0.307 e. The Bertz CT molecular complexity index is 200. The van der Waals surface area contributed by atoms with E-state index in [1.54, 1.807) is 0 Å². The summed E-state index contributed by atoms with van der Waals surface area (Å²) in [6, 6.07) is 0.226. The molecule has 1 aliphatic rings. The lowest BCUT2D eigenvalue weighted by atomic mass is 9.90. The monoisotopic (exact) mass is 227 g/mol. The third-order valence-corrected chi connectivity index (χ3v) is 3.23. The van der Waals surface area contributed by atoms with Gasteiger partial charge >= 0.3 is 5.97 Å². The Hall–Kier alpha value is -0.570. The highest BCUT2D eigenvalue weighted by molar-refractivity contribution is 5.70. The van der Waals surface area contributed by atoms with Gasteiger partial charge in [-0.05, 0) is 32.2 Å². The van der Waals surface area contributed by atoms with E-state index >= 15 is 0 Å². The summed E-state index contributed by atoms with van der Waals surface area (Å²) in [4.78, 5) is 11.5. The molecule has 1 unspecified atom stereocenters. The molecule has 16 heavy (non-hydrogen) atoms. The van der Waals surface area contributed by atoms with Crippen molar-refractivity contribution < 1.29 is 9.53 Å². The first-order chi connectivity index (χ1) is 7.72. The van der Waals surface area contributed by atoms with Crippen LogP contribution in [0.15, 0.2) is 0 Å². The molecule has 94 valence electrons. The molecule has 1 N–H and O–H groups in total. The van der Waals surface area contributed by atoms with Crippen LogP contribution in [0.1, 0.15) is 52.4 Å². The molecule has 0 aliphatic heterocycles. The summed E-state index contributed by atoms with van der Waals surface area (Å²) in [5, 5.41) is 3.21. The summed E-state index contributed by atoms with van der Waals surface area (Å²) in [7, 11) is 0. The van der Waals surface area contributed by atoms with Gasteiger partial charge in [0.15, 0.2) is 0 Å². The van der Waals surface area contributed by atoms with Gasteiger partial charge in [-0.2, -0.15) is 0 Å². The van der Waals surface area contributed by atoms with Crippen LogP contribution in [0.2, 0.25) is 0 Å². The highest BCUT2D eigenvalue weighted by atomic mass is 16.5. The number of ether oxygens (including phenoxy) is 1. The number of nitrogens with one attached hydrogen (secondary N) is 1. The minimum atomic E-state index is -0.0565. The van der Waals surface area contributed by atoms with Crippen molar-refractivity contribution in [2.75, 3.05) is 13.2 Å². The van der Waals surface area contributed by atoms with Crippen LogP contribution < -0.4 is 5.32 Å². The maximum Gasteiger partial charge on any atom is 0.307 e. The van der Waals surface area contributed by atoms with Crippen LogP contribution in [-0.4, -0.2) is 25.2 Å². The van der Waals surface area contributed by atoms with Gasteiger partial charge in [0.1, 0.15) is 0 Å². The molecular weight excluding hydrogens is 202 g/mol. The van der Waals surface area contributed by atoms with Crippen molar-refractivity contribution >= 4 is 5.97 Å². The molecule has 3 nitrogen and oxygen atoms in total. The van der Waals surface area contributed by atoms with E-state index in [1.165, 1.54) is 32.1 Å². The molecule has 0 aromatic rings. The molecule has 0 bridgehead atoms. The first-order valence-electron chi connectivity index (χ1n) is 6.61. The fraction of sp³-hybridized carbons (Fsp3) is 0.923. The molecule has 1 atom stereocenters. The average molecular weight is 227 g/mol. The van der Waals surface area contributed by atoms with Crippen molar-refractivity contribution in [3.8, 4) is 0 Å². The number of hydrogen-bond donors (Lipinski definition) is 1. The molecule has 0 spiro atoms. The van der Waals surface area contributed by atoms with Crippen molar-refractivity contribution in [2.24, 2.45) is 5.92 Å². The minimum absolute atomic E-state index is 0.0565. The Morgan fingerprint density at radius 1 is 1.38 bits per heavy atom. The number of rotatable bonds is 6. The van der Waals surface area contributed by atoms with Crippen LogP contribution in [0.3, 0.4) is 0 Å². The third kappa shape index (κ3) is 5.50. The zero-order valence-electron chi connectivity index (χ0n) is 10.6.